The first-order chi connectivity index (χ1) is 10.0. The number of hydrogen-bond acceptors (Lipinski definition) is 3. The number of benzene rings is 2. The van der Waals surface area contributed by atoms with Gasteiger partial charge in [-0.3, -0.25) is 4.79 Å². The first kappa shape index (κ1) is 14.8. The fourth-order valence-electron chi connectivity index (χ4n) is 1.77. The molecule has 0 aliphatic carbocycles. The van der Waals surface area contributed by atoms with Crippen LogP contribution in [0.1, 0.15) is 17.3 Å². The van der Waals surface area contributed by atoms with Gasteiger partial charge in [0.15, 0.2) is 11.6 Å². The van der Waals surface area contributed by atoms with E-state index in [9.17, 15) is 13.6 Å². The molecule has 0 bridgehead atoms. The zero-order valence-electron chi connectivity index (χ0n) is 11.3. The number of halogens is 2. The average Bonchev–Trinajstić information content (AvgIpc) is 2.44. The summed E-state index contributed by atoms with van der Waals surface area (Å²) in [5.41, 5.74) is 5.77. The van der Waals surface area contributed by atoms with Crippen LogP contribution in [0.3, 0.4) is 0 Å². The Morgan fingerprint density at radius 3 is 2.62 bits per heavy atom. The van der Waals surface area contributed by atoms with Crippen molar-refractivity contribution in [3.05, 3.63) is 53.6 Å². The molecule has 0 saturated heterocycles. The molecule has 0 radical (unpaired) electrons. The molecule has 4 nitrogen and oxygen atoms in total. The van der Waals surface area contributed by atoms with E-state index in [1.54, 1.807) is 6.92 Å². The quantitative estimate of drug-likeness (QED) is 0.851. The number of rotatable bonds is 4. The van der Waals surface area contributed by atoms with Crippen molar-refractivity contribution in [2.45, 2.75) is 6.92 Å². The van der Waals surface area contributed by atoms with E-state index >= 15 is 0 Å². The summed E-state index contributed by atoms with van der Waals surface area (Å²) in [6, 6.07) is 7.63. The number of anilines is 2. The fraction of sp³-hybridized carbons (Fsp3) is 0.133. The largest absolute Gasteiger partial charge is 0.491 e. The fourth-order valence-corrected chi connectivity index (χ4v) is 1.77. The van der Waals surface area contributed by atoms with Gasteiger partial charge in [0, 0.05) is 17.4 Å². The molecule has 0 aromatic heterocycles. The molecule has 6 heteroatoms. The van der Waals surface area contributed by atoms with Crippen LogP contribution in [0, 0.1) is 11.6 Å². The number of carbonyl (C=O) groups excluding carboxylic acids is 1. The second-order valence-electron chi connectivity index (χ2n) is 4.27. The Bertz CT molecular complexity index is 675. The van der Waals surface area contributed by atoms with Crippen LogP contribution >= 0.6 is 0 Å². The predicted octanol–water partition coefficient (Wildman–Crippen LogP) is 3.20. The predicted molar refractivity (Wildman–Crippen MR) is 76.3 cm³/mol. The normalized spacial score (nSPS) is 10.2. The summed E-state index contributed by atoms with van der Waals surface area (Å²) in [7, 11) is 0. The van der Waals surface area contributed by atoms with Crippen LogP contribution < -0.4 is 15.8 Å². The smallest absolute Gasteiger partial charge is 0.258 e. The van der Waals surface area contributed by atoms with Gasteiger partial charge in [-0.25, -0.2) is 8.78 Å². The van der Waals surface area contributed by atoms with Gasteiger partial charge in [-0.1, -0.05) is 0 Å². The van der Waals surface area contributed by atoms with Gasteiger partial charge in [-0.2, -0.15) is 0 Å². The van der Waals surface area contributed by atoms with Crippen molar-refractivity contribution >= 4 is 17.3 Å². The zero-order valence-corrected chi connectivity index (χ0v) is 11.3. The first-order valence-corrected chi connectivity index (χ1v) is 6.30. The number of hydrogen-bond donors (Lipinski definition) is 2. The van der Waals surface area contributed by atoms with Crippen molar-refractivity contribution < 1.29 is 18.3 Å². The van der Waals surface area contributed by atoms with Crippen molar-refractivity contribution in [3.63, 3.8) is 0 Å². The number of amides is 1. The first-order valence-electron chi connectivity index (χ1n) is 6.30. The van der Waals surface area contributed by atoms with E-state index in [1.165, 1.54) is 24.3 Å². The third kappa shape index (κ3) is 3.47. The Morgan fingerprint density at radius 1 is 1.19 bits per heavy atom. The van der Waals surface area contributed by atoms with Crippen molar-refractivity contribution in [2.24, 2.45) is 0 Å². The highest BCUT2D eigenvalue weighted by molar-refractivity contribution is 6.05. The van der Waals surface area contributed by atoms with Gasteiger partial charge >= 0.3 is 0 Å². The van der Waals surface area contributed by atoms with Crippen LogP contribution in [0.4, 0.5) is 20.2 Å². The lowest BCUT2D eigenvalue weighted by atomic mass is 10.1. The molecule has 2 aromatic rings. The van der Waals surface area contributed by atoms with Crippen LogP contribution in [0.25, 0.3) is 0 Å². The highest BCUT2D eigenvalue weighted by Crippen LogP contribution is 2.22. The molecule has 110 valence electrons. The van der Waals surface area contributed by atoms with Gasteiger partial charge in [0.1, 0.15) is 5.82 Å². The number of nitrogens with two attached hydrogens (primary N) is 1. The standard InChI is InChI=1S/C15H14F2N2O2/c1-2-21-14-6-4-10(8-13(14)17)19-15(20)11-7-9(18)3-5-12(11)16/h3-8H,2,18H2,1H3,(H,19,20). The summed E-state index contributed by atoms with van der Waals surface area (Å²) in [4.78, 5) is 11.9. The van der Waals surface area contributed by atoms with Crippen LogP contribution in [0.15, 0.2) is 36.4 Å². The van der Waals surface area contributed by atoms with E-state index in [2.05, 4.69) is 5.32 Å². The minimum absolute atomic E-state index is 0.0886. The molecule has 0 saturated carbocycles. The summed E-state index contributed by atoms with van der Waals surface area (Å²) >= 11 is 0. The molecular weight excluding hydrogens is 278 g/mol. The maximum absolute atomic E-state index is 13.7. The molecule has 0 atom stereocenters. The van der Waals surface area contributed by atoms with Gasteiger partial charge < -0.3 is 15.8 Å². The van der Waals surface area contributed by atoms with Gasteiger partial charge in [-0.15, -0.1) is 0 Å². The Balaban J connectivity index is 2.19. The third-order valence-corrected chi connectivity index (χ3v) is 2.72. The van der Waals surface area contributed by atoms with Gasteiger partial charge in [0.05, 0.1) is 12.2 Å². The summed E-state index contributed by atoms with van der Waals surface area (Å²) in [6.45, 7) is 2.06. The lowest BCUT2D eigenvalue weighted by Gasteiger charge is -2.09. The Kier molecular flexibility index (Phi) is 4.37. The van der Waals surface area contributed by atoms with E-state index in [0.717, 1.165) is 12.1 Å². The van der Waals surface area contributed by atoms with Gasteiger partial charge in [0.2, 0.25) is 0 Å². The zero-order chi connectivity index (χ0) is 15.4. The van der Waals surface area contributed by atoms with E-state index < -0.39 is 17.5 Å². The molecule has 0 aliphatic rings. The number of ether oxygens (including phenoxy) is 1. The lowest BCUT2D eigenvalue weighted by molar-refractivity contribution is 0.102. The number of carbonyl (C=O) groups is 1. The number of nitrogen functional groups attached to an aromatic ring is 1. The highest BCUT2D eigenvalue weighted by Gasteiger charge is 2.13. The maximum Gasteiger partial charge on any atom is 0.258 e. The molecule has 3 N–H and O–H groups in total. The van der Waals surface area contributed by atoms with Crippen molar-refractivity contribution in [2.75, 3.05) is 17.7 Å². The van der Waals surface area contributed by atoms with Crippen molar-refractivity contribution in [3.8, 4) is 5.75 Å². The molecule has 0 aliphatic heterocycles. The van der Waals surface area contributed by atoms with Crippen LogP contribution in [-0.4, -0.2) is 12.5 Å². The molecule has 0 spiro atoms. The molecule has 0 unspecified atom stereocenters. The van der Waals surface area contributed by atoms with Crippen molar-refractivity contribution in [1.29, 1.82) is 0 Å². The monoisotopic (exact) mass is 292 g/mol. The third-order valence-electron chi connectivity index (χ3n) is 2.72. The molecular formula is C15H14F2N2O2. The number of nitrogens with one attached hydrogen (secondary N) is 1. The average molecular weight is 292 g/mol. The molecule has 2 aromatic carbocycles. The molecule has 2 rings (SSSR count). The summed E-state index contributed by atoms with van der Waals surface area (Å²) in [5, 5.41) is 2.41. The van der Waals surface area contributed by atoms with Crippen LogP contribution in [-0.2, 0) is 0 Å². The topological polar surface area (TPSA) is 64.3 Å². The second-order valence-corrected chi connectivity index (χ2v) is 4.27. The van der Waals surface area contributed by atoms with Crippen LogP contribution in [0.2, 0.25) is 0 Å². The van der Waals surface area contributed by atoms with Gasteiger partial charge in [0.25, 0.3) is 5.91 Å². The molecule has 0 heterocycles. The minimum Gasteiger partial charge on any atom is -0.491 e. The lowest BCUT2D eigenvalue weighted by Crippen LogP contribution is -2.14. The molecule has 0 fully saturated rings. The Hall–Kier alpha value is -2.63. The summed E-state index contributed by atoms with van der Waals surface area (Å²) in [5.74, 6) is -1.93. The Morgan fingerprint density at radius 2 is 1.95 bits per heavy atom. The highest BCUT2D eigenvalue weighted by atomic mass is 19.1. The minimum atomic E-state index is -0.705. The van der Waals surface area contributed by atoms with E-state index in [-0.39, 0.29) is 22.7 Å². The molecule has 1 amide bonds. The Labute approximate surface area is 120 Å². The summed E-state index contributed by atoms with van der Waals surface area (Å²) < 4.78 is 32.3. The molecule has 21 heavy (non-hydrogen) atoms. The second kappa shape index (κ2) is 6.21. The maximum atomic E-state index is 13.7. The van der Waals surface area contributed by atoms with Crippen LogP contribution in [0.5, 0.6) is 5.75 Å². The van der Waals surface area contributed by atoms with E-state index in [4.69, 9.17) is 10.5 Å². The van der Waals surface area contributed by atoms with Crippen molar-refractivity contribution in [1.82, 2.24) is 0 Å². The van der Waals surface area contributed by atoms with E-state index in [0.29, 0.717) is 6.61 Å². The van der Waals surface area contributed by atoms with E-state index in [1.807, 2.05) is 0 Å². The summed E-state index contributed by atoms with van der Waals surface area (Å²) in [6.07, 6.45) is 0. The SMILES string of the molecule is CCOc1ccc(NC(=O)c2cc(N)ccc2F)cc1F. The van der Waals surface area contributed by atoms with Gasteiger partial charge in [-0.05, 0) is 37.3 Å².